The number of aldehydes is 1. The summed E-state index contributed by atoms with van der Waals surface area (Å²) in [5, 5.41) is 0. The Morgan fingerprint density at radius 2 is 1.47 bits per heavy atom. The maximum atomic E-state index is 11.3. The maximum absolute atomic E-state index is 11.3. The molecular weight excluding hydrogens is 244 g/mol. The molecule has 0 unspecified atom stereocenters. The summed E-state index contributed by atoms with van der Waals surface area (Å²) in [4.78, 5) is 21.8. The highest BCUT2D eigenvalue weighted by molar-refractivity contribution is 5.89. The molecule has 0 radical (unpaired) electrons. The van der Waals surface area contributed by atoms with Crippen LogP contribution >= 0.6 is 0 Å². The van der Waals surface area contributed by atoms with Crippen LogP contribution in [0.25, 0.3) is 0 Å². The van der Waals surface area contributed by atoms with Crippen LogP contribution in [0.15, 0.2) is 48.5 Å². The Kier molecular flexibility index (Phi) is 3.93. The third-order valence-corrected chi connectivity index (χ3v) is 2.53. The Morgan fingerprint density at radius 3 is 1.95 bits per heavy atom. The minimum Gasteiger partial charge on any atom is -0.465 e. The number of benzene rings is 2. The zero-order valence-electron chi connectivity index (χ0n) is 10.3. The largest absolute Gasteiger partial charge is 0.465 e. The number of ether oxygens (including phenoxy) is 2. The number of esters is 1. The van der Waals surface area contributed by atoms with Crippen molar-refractivity contribution in [3.05, 3.63) is 59.7 Å². The molecule has 0 atom stereocenters. The SMILES string of the molecule is COC(=O)c1ccc(Oc2ccc(C=O)cc2)cc1. The molecule has 4 heteroatoms. The first-order chi connectivity index (χ1) is 9.22. The first-order valence-electron chi connectivity index (χ1n) is 5.64. The molecule has 2 rings (SSSR count). The van der Waals surface area contributed by atoms with Gasteiger partial charge in [0.25, 0.3) is 0 Å². The Morgan fingerprint density at radius 1 is 0.947 bits per heavy atom. The maximum Gasteiger partial charge on any atom is 0.337 e. The average Bonchev–Trinajstić information content (AvgIpc) is 2.48. The van der Waals surface area contributed by atoms with Gasteiger partial charge in [-0.2, -0.15) is 0 Å². The Labute approximate surface area is 110 Å². The topological polar surface area (TPSA) is 52.6 Å². The van der Waals surface area contributed by atoms with Gasteiger partial charge in [-0.1, -0.05) is 0 Å². The molecule has 0 aliphatic rings. The first-order valence-corrected chi connectivity index (χ1v) is 5.64. The lowest BCUT2D eigenvalue weighted by Crippen LogP contribution is -2.00. The van der Waals surface area contributed by atoms with E-state index in [2.05, 4.69) is 4.74 Å². The summed E-state index contributed by atoms with van der Waals surface area (Å²) in [5.41, 5.74) is 1.06. The normalized spacial score (nSPS) is 9.74. The highest BCUT2D eigenvalue weighted by atomic mass is 16.5. The molecule has 0 saturated carbocycles. The smallest absolute Gasteiger partial charge is 0.337 e. The Hall–Kier alpha value is -2.62. The van der Waals surface area contributed by atoms with E-state index >= 15 is 0 Å². The van der Waals surface area contributed by atoms with Crippen molar-refractivity contribution in [2.24, 2.45) is 0 Å². The van der Waals surface area contributed by atoms with Gasteiger partial charge in [-0.3, -0.25) is 4.79 Å². The molecular formula is C15H12O4. The van der Waals surface area contributed by atoms with Crippen LogP contribution in [0.5, 0.6) is 11.5 Å². The third-order valence-electron chi connectivity index (χ3n) is 2.53. The predicted octanol–water partition coefficient (Wildman–Crippen LogP) is 3.08. The van der Waals surface area contributed by atoms with Crippen LogP contribution in [0, 0.1) is 0 Å². The minimum absolute atomic E-state index is 0.387. The Bertz CT molecular complexity index is 570. The minimum atomic E-state index is -0.387. The van der Waals surface area contributed by atoms with E-state index in [0.717, 1.165) is 6.29 Å². The van der Waals surface area contributed by atoms with Gasteiger partial charge in [0.1, 0.15) is 17.8 Å². The predicted molar refractivity (Wildman–Crippen MR) is 69.7 cm³/mol. The molecule has 2 aromatic carbocycles. The van der Waals surface area contributed by atoms with Gasteiger partial charge in [0.15, 0.2) is 0 Å². The second-order valence-electron chi connectivity index (χ2n) is 3.80. The quantitative estimate of drug-likeness (QED) is 0.623. The zero-order valence-corrected chi connectivity index (χ0v) is 10.3. The molecule has 0 spiro atoms. The van der Waals surface area contributed by atoms with E-state index < -0.39 is 0 Å². The summed E-state index contributed by atoms with van der Waals surface area (Å²) in [6.07, 6.45) is 0.773. The number of hydrogen-bond acceptors (Lipinski definition) is 4. The summed E-state index contributed by atoms with van der Waals surface area (Å²) in [6, 6.07) is 13.4. The number of carbonyl (C=O) groups is 2. The monoisotopic (exact) mass is 256 g/mol. The molecule has 0 saturated heterocycles. The van der Waals surface area contributed by atoms with Crippen LogP contribution in [-0.2, 0) is 4.74 Å². The van der Waals surface area contributed by atoms with Crippen molar-refractivity contribution >= 4 is 12.3 Å². The van der Waals surface area contributed by atoms with Crippen molar-refractivity contribution in [2.45, 2.75) is 0 Å². The third kappa shape index (κ3) is 3.19. The molecule has 0 aromatic heterocycles. The fourth-order valence-corrected chi connectivity index (χ4v) is 1.53. The van der Waals surface area contributed by atoms with E-state index in [4.69, 9.17) is 4.74 Å². The molecule has 19 heavy (non-hydrogen) atoms. The van der Waals surface area contributed by atoms with E-state index in [1.54, 1.807) is 48.5 Å². The fraction of sp³-hybridized carbons (Fsp3) is 0.0667. The molecule has 0 bridgehead atoms. The summed E-state index contributed by atoms with van der Waals surface area (Å²) in [6.45, 7) is 0. The van der Waals surface area contributed by atoms with Crippen molar-refractivity contribution in [1.29, 1.82) is 0 Å². The summed E-state index contributed by atoms with van der Waals surface area (Å²) < 4.78 is 10.2. The van der Waals surface area contributed by atoms with Crippen LogP contribution in [0.4, 0.5) is 0 Å². The first kappa shape index (κ1) is 12.8. The number of methoxy groups -OCH3 is 1. The van der Waals surface area contributed by atoms with E-state index in [9.17, 15) is 9.59 Å². The van der Waals surface area contributed by atoms with Crippen molar-refractivity contribution in [2.75, 3.05) is 7.11 Å². The molecule has 0 fully saturated rings. The Balaban J connectivity index is 2.10. The average molecular weight is 256 g/mol. The number of rotatable bonds is 4. The summed E-state index contributed by atoms with van der Waals surface area (Å²) >= 11 is 0. The molecule has 4 nitrogen and oxygen atoms in total. The van der Waals surface area contributed by atoms with Gasteiger partial charge >= 0.3 is 5.97 Å². The van der Waals surface area contributed by atoms with Crippen LogP contribution in [0.3, 0.4) is 0 Å². The second-order valence-corrected chi connectivity index (χ2v) is 3.80. The van der Waals surface area contributed by atoms with Crippen LogP contribution in [0.2, 0.25) is 0 Å². The standard InChI is InChI=1S/C15H12O4/c1-18-15(17)12-4-8-14(9-5-12)19-13-6-2-11(10-16)3-7-13/h2-10H,1H3. The molecule has 0 aliphatic heterocycles. The van der Waals surface area contributed by atoms with E-state index in [1.165, 1.54) is 7.11 Å². The van der Waals surface area contributed by atoms with Crippen molar-refractivity contribution in [3.8, 4) is 11.5 Å². The van der Waals surface area contributed by atoms with Crippen LogP contribution < -0.4 is 4.74 Å². The summed E-state index contributed by atoms with van der Waals surface area (Å²) in [5.74, 6) is 0.838. The lowest BCUT2D eigenvalue weighted by molar-refractivity contribution is 0.0600. The van der Waals surface area contributed by atoms with Gasteiger partial charge < -0.3 is 9.47 Å². The molecule has 0 heterocycles. The molecule has 2 aromatic rings. The van der Waals surface area contributed by atoms with Crippen molar-refractivity contribution in [1.82, 2.24) is 0 Å². The van der Waals surface area contributed by atoms with Gasteiger partial charge in [-0.25, -0.2) is 4.79 Å². The molecule has 0 N–H and O–H groups in total. The van der Waals surface area contributed by atoms with Gasteiger partial charge in [0, 0.05) is 5.56 Å². The number of hydrogen-bond donors (Lipinski definition) is 0. The van der Waals surface area contributed by atoms with Gasteiger partial charge in [-0.05, 0) is 48.5 Å². The van der Waals surface area contributed by atoms with Crippen molar-refractivity contribution < 1.29 is 19.1 Å². The number of carbonyl (C=O) groups excluding carboxylic acids is 2. The van der Waals surface area contributed by atoms with E-state index in [-0.39, 0.29) is 5.97 Å². The van der Waals surface area contributed by atoms with E-state index in [0.29, 0.717) is 22.6 Å². The van der Waals surface area contributed by atoms with Crippen LogP contribution in [0.1, 0.15) is 20.7 Å². The molecule has 0 aliphatic carbocycles. The second kappa shape index (κ2) is 5.82. The van der Waals surface area contributed by atoms with Gasteiger partial charge in [0.05, 0.1) is 12.7 Å². The van der Waals surface area contributed by atoms with Gasteiger partial charge in [0.2, 0.25) is 0 Å². The molecule has 96 valence electrons. The highest BCUT2D eigenvalue weighted by Crippen LogP contribution is 2.21. The van der Waals surface area contributed by atoms with Crippen molar-refractivity contribution in [3.63, 3.8) is 0 Å². The zero-order chi connectivity index (χ0) is 13.7. The molecule has 0 amide bonds. The van der Waals surface area contributed by atoms with E-state index in [1.807, 2.05) is 0 Å². The van der Waals surface area contributed by atoms with Crippen LogP contribution in [-0.4, -0.2) is 19.4 Å². The lowest BCUT2D eigenvalue weighted by Gasteiger charge is -2.06. The lowest BCUT2D eigenvalue weighted by atomic mass is 10.2. The fourth-order valence-electron chi connectivity index (χ4n) is 1.53. The summed E-state index contributed by atoms with van der Waals surface area (Å²) in [7, 11) is 1.33. The van der Waals surface area contributed by atoms with Gasteiger partial charge in [-0.15, -0.1) is 0 Å². The highest BCUT2D eigenvalue weighted by Gasteiger charge is 2.05.